The van der Waals surface area contributed by atoms with Crippen molar-refractivity contribution >= 4 is 29.6 Å². The van der Waals surface area contributed by atoms with Gasteiger partial charge < -0.3 is 0 Å². The Labute approximate surface area is 313 Å². The van der Waals surface area contributed by atoms with Gasteiger partial charge in [-0.25, -0.2) is 0 Å². The summed E-state index contributed by atoms with van der Waals surface area (Å²) < 4.78 is 17.6. The van der Waals surface area contributed by atoms with Crippen molar-refractivity contribution in [3.8, 4) is 0 Å². The third kappa shape index (κ3) is 26.7. The summed E-state index contributed by atoms with van der Waals surface area (Å²) in [5.41, 5.74) is 0. The molecule has 0 aromatic rings. The number of rotatable bonds is 40. The summed E-state index contributed by atoms with van der Waals surface area (Å²) in [6.45, 7) is 6.95. The molecule has 0 saturated carbocycles. The Kier molecular flexibility index (Phi) is 34.5. The van der Waals surface area contributed by atoms with Crippen LogP contribution in [0.15, 0.2) is 0 Å². The van der Waals surface area contributed by atoms with Crippen molar-refractivity contribution in [1.29, 1.82) is 0 Å². The molecule has 0 spiro atoms. The summed E-state index contributed by atoms with van der Waals surface area (Å²) in [5, 5.41) is -2.04. The summed E-state index contributed by atoms with van der Waals surface area (Å²) in [6, 6.07) is 0.939. The number of halogens is 1. The van der Waals surface area contributed by atoms with E-state index in [4.69, 9.17) is 28.8 Å². The minimum atomic E-state index is -2.55. The molecule has 0 radical (unpaired) electrons. The van der Waals surface area contributed by atoms with E-state index in [-0.39, 0.29) is 0 Å². The van der Waals surface area contributed by atoms with Crippen LogP contribution in [0.5, 0.6) is 0 Å². The van der Waals surface area contributed by atoms with Gasteiger partial charge in [-0.05, 0) is 0 Å². The van der Waals surface area contributed by atoms with Crippen LogP contribution in [0, 0.1) is 0 Å². The second kappa shape index (κ2) is 33.8. The molecule has 0 rings (SSSR count). The molecule has 0 bridgehead atoms. The molecule has 0 unspecified atom stereocenters. The van der Waals surface area contributed by atoms with Crippen molar-refractivity contribution in [2.24, 2.45) is 0 Å². The average Bonchev–Trinajstić information content (AvgIpc) is 3.10. The molecule has 3 nitrogen and oxygen atoms in total. The third-order valence-corrected chi connectivity index (χ3v) is 24.2. The fourth-order valence-corrected chi connectivity index (χ4v) is 18.3. The Hall–Kier alpha value is 1.01. The van der Waals surface area contributed by atoms with Crippen molar-refractivity contribution in [3.05, 3.63) is 0 Å². The van der Waals surface area contributed by atoms with Crippen molar-refractivity contribution in [1.82, 2.24) is 0 Å². The Morgan fingerprint density at radius 2 is 0.542 bits per heavy atom. The van der Waals surface area contributed by atoms with E-state index in [2.05, 4.69) is 20.8 Å². The van der Waals surface area contributed by atoms with Gasteiger partial charge in [0.25, 0.3) is 0 Å². The van der Waals surface area contributed by atoms with E-state index in [1.54, 1.807) is 21.3 Å². The predicted octanol–water partition coefficient (Wildman–Crippen LogP) is 15.9. The maximum atomic E-state index is 5.88. The molecule has 292 valence electrons. The molecule has 6 heteroatoms. The van der Waals surface area contributed by atoms with Crippen molar-refractivity contribution in [3.63, 3.8) is 0 Å². The van der Waals surface area contributed by atoms with E-state index in [1.807, 2.05) is 0 Å². The normalized spacial score (nSPS) is 13.3. The van der Waals surface area contributed by atoms with Crippen molar-refractivity contribution in [2.75, 3.05) is 46.0 Å². The molecule has 0 fully saturated rings. The quantitative estimate of drug-likeness (QED) is 0.0352. The zero-order chi connectivity index (χ0) is 35.5. The molecule has 0 amide bonds. The first-order valence-corrected chi connectivity index (χ1v) is 28.7. The van der Waals surface area contributed by atoms with Crippen LogP contribution in [0.3, 0.4) is 0 Å². The number of unbranched alkanes of at least 4 members (excludes halogenated alkanes) is 27. The summed E-state index contributed by atoms with van der Waals surface area (Å²) >= 11 is 4.80. The zero-order valence-corrected chi connectivity index (χ0v) is 37.5. The van der Waals surface area contributed by atoms with Gasteiger partial charge in [0.1, 0.15) is 0 Å². The van der Waals surface area contributed by atoms with Gasteiger partial charge in [-0.1, -0.05) is 0 Å². The van der Waals surface area contributed by atoms with E-state index in [0.717, 1.165) is 12.5 Å². The molecule has 0 saturated heterocycles. The maximum absolute atomic E-state index is 5.88. The van der Waals surface area contributed by atoms with Crippen LogP contribution < -0.4 is 0 Å². The van der Waals surface area contributed by atoms with E-state index in [9.17, 15) is 0 Å². The van der Waals surface area contributed by atoms with E-state index in [0.29, 0.717) is 0 Å². The predicted molar refractivity (Wildman–Crippen MR) is 227 cm³/mol. The van der Waals surface area contributed by atoms with Crippen LogP contribution in [-0.2, 0) is 13.3 Å². The van der Waals surface area contributed by atoms with Gasteiger partial charge in [-0.3, -0.25) is 0 Å². The van der Waals surface area contributed by atoms with Gasteiger partial charge >= 0.3 is 315 Å². The second-order valence-corrected chi connectivity index (χ2v) is 30.2. The van der Waals surface area contributed by atoms with Gasteiger partial charge in [-0.15, -0.1) is 0 Å². The summed E-state index contributed by atoms with van der Waals surface area (Å²) in [7, 11) is 2.80. The van der Waals surface area contributed by atoms with Crippen molar-refractivity contribution in [2.45, 2.75) is 226 Å². The standard InChI is InChI=1S/C42H90BrO3PSi/c1-7-10-13-16-19-22-25-28-31-34-38-47(43,41-37-42-48(44-4,45-5)46-6,39-35-32-29-26-23-20-17-14-11-8-2)40-36-33-30-27-24-21-18-15-12-9-3/h7-42H2,1-6H3. The first-order chi connectivity index (χ1) is 23.4. The molecular weight excluding hydrogens is 691 g/mol. The van der Waals surface area contributed by atoms with Crippen LogP contribution in [0.25, 0.3) is 0 Å². The summed E-state index contributed by atoms with van der Waals surface area (Å²) in [6.07, 6.45) is 49.5. The Morgan fingerprint density at radius 3 is 0.771 bits per heavy atom. The van der Waals surface area contributed by atoms with E-state index in [1.165, 1.54) is 217 Å². The van der Waals surface area contributed by atoms with Gasteiger partial charge in [0.15, 0.2) is 0 Å². The second-order valence-electron chi connectivity index (χ2n) is 15.7. The van der Waals surface area contributed by atoms with E-state index >= 15 is 0 Å². The molecular formula is C42H90BrO3PSi. The topological polar surface area (TPSA) is 27.7 Å². The fourth-order valence-electron chi connectivity index (χ4n) is 7.90. The first kappa shape index (κ1) is 49.0. The minimum absolute atomic E-state index is 0.939. The molecule has 0 aliphatic heterocycles. The first-order valence-electron chi connectivity index (χ1n) is 21.7. The molecule has 0 aliphatic carbocycles. The van der Waals surface area contributed by atoms with Gasteiger partial charge in [0.05, 0.1) is 0 Å². The molecule has 0 heterocycles. The fraction of sp³-hybridized carbons (Fsp3) is 1.00. The van der Waals surface area contributed by atoms with Crippen LogP contribution in [-0.4, -0.2) is 54.8 Å². The zero-order valence-electron chi connectivity index (χ0n) is 34.0. The van der Waals surface area contributed by atoms with E-state index < -0.39 is 14.1 Å². The molecule has 0 aliphatic rings. The molecule has 0 N–H and O–H groups in total. The number of hydrogen-bond donors (Lipinski definition) is 0. The number of hydrogen-bond acceptors (Lipinski definition) is 3. The average molecular weight is 782 g/mol. The monoisotopic (exact) mass is 781 g/mol. The van der Waals surface area contributed by atoms with Crippen LogP contribution >= 0.6 is 20.8 Å². The van der Waals surface area contributed by atoms with Crippen LogP contribution in [0.1, 0.15) is 220 Å². The summed E-state index contributed by atoms with van der Waals surface area (Å²) in [5.74, 6) is 0. The van der Waals surface area contributed by atoms with Crippen molar-refractivity contribution < 1.29 is 13.3 Å². The Morgan fingerprint density at radius 1 is 0.333 bits per heavy atom. The molecule has 0 aromatic heterocycles. The molecule has 0 aromatic carbocycles. The van der Waals surface area contributed by atoms with Gasteiger partial charge in [0, 0.05) is 0 Å². The molecule has 48 heavy (non-hydrogen) atoms. The molecule has 0 atom stereocenters. The van der Waals surface area contributed by atoms with Crippen LogP contribution in [0.4, 0.5) is 0 Å². The Bertz CT molecular complexity index is 592. The SMILES string of the molecule is CCCCCCCCCCCCP(Br)(CCCCCCCCCCCC)(CCCCCCCCCCCC)CCC[Si](OC)(OC)OC. The van der Waals surface area contributed by atoms with Gasteiger partial charge in [0.2, 0.25) is 0 Å². The van der Waals surface area contributed by atoms with Crippen LogP contribution in [0.2, 0.25) is 6.04 Å². The van der Waals surface area contributed by atoms with Gasteiger partial charge in [-0.2, -0.15) is 0 Å². The third-order valence-electron chi connectivity index (χ3n) is 11.3. The Balaban J connectivity index is 5.27. The summed E-state index contributed by atoms with van der Waals surface area (Å²) in [4.78, 5) is 0.